The number of amides is 1. The molecule has 11 heteroatoms. The highest BCUT2D eigenvalue weighted by molar-refractivity contribution is 5.94. The molecule has 4 rings (SSSR count). The quantitative estimate of drug-likeness (QED) is 0.449. The molecule has 0 saturated carbocycles. The number of benzene rings is 2. The van der Waals surface area contributed by atoms with Crippen molar-refractivity contribution in [3.63, 3.8) is 0 Å². The van der Waals surface area contributed by atoms with Crippen molar-refractivity contribution < 1.29 is 26.8 Å². The maximum absolute atomic E-state index is 14.3. The van der Waals surface area contributed by atoms with Gasteiger partial charge in [0.05, 0.1) is 5.56 Å². The van der Waals surface area contributed by atoms with E-state index in [4.69, 9.17) is 4.42 Å². The van der Waals surface area contributed by atoms with Crippen molar-refractivity contribution in [2.45, 2.75) is 13.0 Å². The van der Waals surface area contributed by atoms with Crippen LogP contribution in [0, 0.1) is 11.6 Å². The van der Waals surface area contributed by atoms with Gasteiger partial charge in [0, 0.05) is 37.1 Å². The standard InChI is InChI=1S/C21H15F4N5O2/c1-26-19(31)15-3-2-11(6-16(15)23)10-30-5-4-27-18(30)12-7-13(9-14(22)8-12)20-28-29-21(32-20)17(24)25/h2-9,17H,10H2,1H3,(H,26,31). The van der Waals surface area contributed by atoms with Crippen molar-refractivity contribution in [3.8, 4) is 22.8 Å². The lowest BCUT2D eigenvalue weighted by Crippen LogP contribution is -2.19. The molecular formula is C21H15F4N5O2. The van der Waals surface area contributed by atoms with Crippen LogP contribution in [-0.2, 0) is 6.54 Å². The molecule has 32 heavy (non-hydrogen) atoms. The molecule has 0 atom stereocenters. The minimum atomic E-state index is -2.95. The van der Waals surface area contributed by atoms with E-state index in [0.29, 0.717) is 17.0 Å². The van der Waals surface area contributed by atoms with Gasteiger partial charge in [-0.2, -0.15) is 8.78 Å². The highest BCUT2D eigenvalue weighted by Crippen LogP contribution is 2.28. The van der Waals surface area contributed by atoms with Gasteiger partial charge in [-0.1, -0.05) is 6.07 Å². The summed E-state index contributed by atoms with van der Waals surface area (Å²) in [6, 6.07) is 7.96. The van der Waals surface area contributed by atoms with Gasteiger partial charge < -0.3 is 14.3 Å². The first kappa shape index (κ1) is 21.2. The number of halogens is 4. The molecule has 4 aromatic rings. The molecule has 0 spiro atoms. The Hall–Kier alpha value is -4.02. The summed E-state index contributed by atoms with van der Waals surface area (Å²) in [6.45, 7) is 0.183. The van der Waals surface area contributed by atoms with Crippen LogP contribution in [0.5, 0.6) is 0 Å². The summed E-state index contributed by atoms with van der Waals surface area (Å²) in [5, 5.41) is 9.14. The fraction of sp³-hybridized carbons (Fsp3) is 0.143. The number of aromatic nitrogens is 4. The summed E-state index contributed by atoms with van der Waals surface area (Å²) in [5.74, 6) is -2.66. The first-order chi connectivity index (χ1) is 15.4. The predicted molar refractivity (Wildman–Crippen MR) is 105 cm³/mol. The molecular weight excluding hydrogens is 430 g/mol. The van der Waals surface area contributed by atoms with Gasteiger partial charge in [-0.3, -0.25) is 4.79 Å². The van der Waals surface area contributed by atoms with Gasteiger partial charge in [0.15, 0.2) is 0 Å². The molecule has 0 unspecified atom stereocenters. The highest BCUT2D eigenvalue weighted by Gasteiger charge is 2.19. The molecule has 2 aromatic heterocycles. The Morgan fingerprint density at radius 1 is 1.12 bits per heavy atom. The molecule has 0 bridgehead atoms. The van der Waals surface area contributed by atoms with Crippen molar-refractivity contribution in [2.24, 2.45) is 0 Å². The summed E-state index contributed by atoms with van der Waals surface area (Å²) in [4.78, 5) is 15.9. The minimum absolute atomic E-state index is 0.0837. The number of alkyl halides is 2. The number of imidazole rings is 1. The van der Waals surface area contributed by atoms with E-state index in [1.54, 1.807) is 16.8 Å². The smallest absolute Gasteiger partial charge is 0.314 e. The maximum Gasteiger partial charge on any atom is 0.314 e. The van der Waals surface area contributed by atoms with Gasteiger partial charge >= 0.3 is 6.43 Å². The Kier molecular flexibility index (Phi) is 5.71. The lowest BCUT2D eigenvalue weighted by atomic mass is 10.1. The Morgan fingerprint density at radius 3 is 2.59 bits per heavy atom. The van der Waals surface area contributed by atoms with Crippen LogP contribution >= 0.6 is 0 Å². The molecule has 0 radical (unpaired) electrons. The number of nitrogens with zero attached hydrogens (tertiary/aromatic N) is 4. The summed E-state index contributed by atoms with van der Waals surface area (Å²) >= 11 is 0. The average Bonchev–Trinajstić information content (AvgIpc) is 3.43. The van der Waals surface area contributed by atoms with Crippen molar-refractivity contribution in [3.05, 3.63) is 77.4 Å². The van der Waals surface area contributed by atoms with E-state index in [1.165, 1.54) is 37.5 Å². The molecule has 0 aliphatic rings. The second-order valence-electron chi connectivity index (χ2n) is 6.75. The zero-order valence-electron chi connectivity index (χ0n) is 16.5. The number of hydrogen-bond donors (Lipinski definition) is 1. The van der Waals surface area contributed by atoms with Crippen LogP contribution in [0.1, 0.15) is 28.2 Å². The number of nitrogens with one attached hydrogen (secondary N) is 1. The van der Waals surface area contributed by atoms with E-state index in [1.807, 2.05) is 0 Å². The summed E-state index contributed by atoms with van der Waals surface area (Å²) in [6.07, 6.45) is 0.154. The summed E-state index contributed by atoms with van der Waals surface area (Å²) < 4.78 is 60.5. The molecule has 2 heterocycles. The normalized spacial score (nSPS) is 11.2. The third kappa shape index (κ3) is 4.22. The second kappa shape index (κ2) is 8.61. The summed E-state index contributed by atoms with van der Waals surface area (Å²) in [7, 11) is 1.41. The molecule has 1 amide bonds. The lowest BCUT2D eigenvalue weighted by Gasteiger charge is -2.10. The van der Waals surface area contributed by atoms with Crippen LogP contribution in [0.4, 0.5) is 17.6 Å². The molecule has 1 N–H and O–H groups in total. The number of hydrogen-bond acceptors (Lipinski definition) is 5. The van der Waals surface area contributed by atoms with E-state index in [0.717, 1.165) is 6.07 Å². The molecule has 164 valence electrons. The van der Waals surface area contributed by atoms with Gasteiger partial charge in [0.1, 0.15) is 17.5 Å². The first-order valence-electron chi connectivity index (χ1n) is 9.30. The van der Waals surface area contributed by atoms with Crippen LogP contribution in [0.15, 0.2) is 53.2 Å². The van der Waals surface area contributed by atoms with E-state index < -0.39 is 29.9 Å². The van der Waals surface area contributed by atoms with Crippen LogP contribution in [0.25, 0.3) is 22.8 Å². The number of carbonyl (C=O) groups excluding carboxylic acids is 1. The maximum atomic E-state index is 14.3. The Labute approximate surface area is 178 Å². The SMILES string of the molecule is CNC(=O)c1ccc(Cn2ccnc2-c2cc(F)cc(-c3nnc(C(F)F)o3)c2)cc1F. The third-order valence-corrected chi connectivity index (χ3v) is 4.60. The molecule has 0 fully saturated rings. The Bertz CT molecular complexity index is 1280. The van der Waals surface area contributed by atoms with Crippen molar-refractivity contribution in [2.75, 3.05) is 7.05 Å². The van der Waals surface area contributed by atoms with Crippen LogP contribution < -0.4 is 5.32 Å². The Morgan fingerprint density at radius 2 is 1.91 bits per heavy atom. The van der Waals surface area contributed by atoms with E-state index in [9.17, 15) is 22.4 Å². The van der Waals surface area contributed by atoms with Gasteiger partial charge in [0.2, 0.25) is 5.89 Å². The minimum Gasteiger partial charge on any atom is -0.415 e. The number of carbonyl (C=O) groups is 1. The van der Waals surface area contributed by atoms with Gasteiger partial charge in [0.25, 0.3) is 11.8 Å². The zero-order chi connectivity index (χ0) is 22.8. The Balaban J connectivity index is 1.65. The predicted octanol–water partition coefficient (Wildman–Crippen LogP) is 4.22. The lowest BCUT2D eigenvalue weighted by molar-refractivity contribution is 0.0959. The highest BCUT2D eigenvalue weighted by atomic mass is 19.3. The van der Waals surface area contributed by atoms with Gasteiger partial charge in [-0.15, -0.1) is 10.2 Å². The first-order valence-corrected chi connectivity index (χ1v) is 9.30. The molecule has 7 nitrogen and oxygen atoms in total. The topological polar surface area (TPSA) is 85.8 Å². The molecule has 0 saturated heterocycles. The van der Waals surface area contributed by atoms with E-state index in [2.05, 4.69) is 20.5 Å². The molecule has 0 aliphatic heterocycles. The van der Waals surface area contributed by atoms with Crippen LogP contribution in [-0.4, -0.2) is 32.7 Å². The van der Waals surface area contributed by atoms with Crippen molar-refractivity contribution in [1.82, 2.24) is 25.1 Å². The monoisotopic (exact) mass is 445 g/mol. The zero-order valence-corrected chi connectivity index (χ0v) is 16.5. The van der Waals surface area contributed by atoms with Crippen molar-refractivity contribution in [1.29, 1.82) is 0 Å². The largest absolute Gasteiger partial charge is 0.415 e. The third-order valence-electron chi connectivity index (χ3n) is 4.60. The van der Waals surface area contributed by atoms with Crippen LogP contribution in [0.2, 0.25) is 0 Å². The molecule has 2 aromatic carbocycles. The van der Waals surface area contributed by atoms with Gasteiger partial charge in [-0.05, 0) is 35.9 Å². The van der Waals surface area contributed by atoms with Crippen LogP contribution in [0.3, 0.4) is 0 Å². The number of rotatable bonds is 6. The second-order valence-corrected chi connectivity index (χ2v) is 6.75. The fourth-order valence-electron chi connectivity index (χ4n) is 3.15. The van der Waals surface area contributed by atoms with E-state index in [-0.39, 0.29) is 23.6 Å². The fourth-order valence-corrected chi connectivity index (χ4v) is 3.15. The summed E-state index contributed by atoms with van der Waals surface area (Å²) in [5.41, 5.74) is 0.892. The average molecular weight is 445 g/mol. The van der Waals surface area contributed by atoms with Gasteiger partial charge in [-0.25, -0.2) is 13.8 Å². The van der Waals surface area contributed by atoms with E-state index >= 15 is 0 Å². The van der Waals surface area contributed by atoms with Crippen molar-refractivity contribution >= 4 is 5.91 Å². The molecule has 0 aliphatic carbocycles.